The lowest BCUT2D eigenvalue weighted by Crippen LogP contribution is -2.50. The van der Waals surface area contributed by atoms with Crippen molar-refractivity contribution in [1.29, 1.82) is 0 Å². The number of hydrogen-bond donors (Lipinski definition) is 2. The van der Waals surface area contributed by atoms with Crippen LogP contribution in [0.3, 0.4) is 0 Å². The van der Waals surface area contributed by atoms with E-state index in [0.29, 0.717) is 5.69 Å². The van der Waals surface area contributed by atoms with E-state index < -0.39 is 5.60 Å². The molecular formula is C14H24N4O. The molecule has 1 aromatic heterocycles. The highest BCUT2D eigenvalue weighted by atomic mass is 16.3. The summed E-state index contributed by atoms with van der Waals surface area (Å²) in [7, 11) is 0. The van der Waals surface area contributed by atoms with Crippen molar-refractivity contribution in [3.63, 3.8) is 0 Å². The van der Waals surface area contributed by atoms with Crippen LogP contribution in [0.4, 0.5) is 11.5 Å². The first kappa shape index (κ1) is 14.1. The van der Waals surface area contributed by atoms with E-state index in [0.717, 1.165) is 44.1 Å². The Kier molecular flexibility index (Phi) is 3.96. The number of aliphatic hydroxyl groups is 1. The lowest BCUT2D eigenvalue weighted by Gasteiger charge is -2.38. The van der Waals surface area contributed by atoms with Crippen LogP contribution in [0.5, 0.6) is 0 Å². The number of piperazine rings is 1. The molecule has 0 bridgehead atoms. The number of anilines is 2. The van der Waals surface area contributed by atoms with Crippen molar-refractivity contribution in [3.8, 4) is 0 Å². The number of aryl methyl sites for hydroxylation is 1. The van der Waals surface area contributed by atoms with Crippen LogP contribution in [0, 0.1) is 6.92 Å². The Morgan fingerprint density at radius 3 is 2.47 bits per heavy atom. The van der Waals surface area contributed by atoms with E-state index in [1.165, 1.54) is 0 Å². The maximum absolute atomic E-state index is 9.85. The lowest BCUT2D eigenvalue weighted by molar-refractivity contribution is 0.0344. The SMILES string of the molecule is Cc1cc(N)cnc1N1CCN(CC(C)(C)O)CC1. The van der Waals surface area contributed by atoms with Gasteiger partial charge < -0.3 is 15.7 Å². The summed E-state index contributed by atoms with van der Waals surface area (Å²) < 4.78 is 0. The first-order chi connectivity index (χ1) is 8.85. The summed E-state index contributed by atoms with van der Waals surface area (Å²) in [5, 5.41) is 9.85. The van der Waals surface area contributed by atoms with Crippen molar-refractivity contribution in [2.75, 3.05) is 43.4 Å². The van der Waals surface area contributed by atoms with Gasteiger partial charge in [-0.05, 0) is 32.4 Å². The van der Waals surface area contributed by atoms with E-state index in [4.69, 9.17) is 5.73 Å². The molecule has 0 spiro atoms. The number of hydrogen-bond acceptors (Lipinski definition) is 5. The second-order valence-corrected chi connectivity index (χ2v) is 5.98. The zero-order valence-electron chi connectivity index (χ0n) is 12.1. The lowest BCUT2D eigenvalue weighted by atomic mass is 10.1. The smallest absolute Gasteiger partial charge is 0.131 e. The van der Waals surface area contributed by atoms with Gasteiger partial charge in [0.1, 0.15) is 5.82 Å². The van der Waals surface area contributed by atoms with E-state index in [9.17, 15) is 5.11 Å². The largest absolute Gasteiger partial charge is 0.397 e. The van der Waals surface area contributed by atoms with Gasteiger partial charge in [0.2, 0.25) is 0 Å². The maximum atomic E-state index is 9.85. The van der Waals surface area contributed by atoms with Crippen molar-refractivity contribution in [3.05, 3.63) is 17.8 Å². The van der Waals surface area contributed by atoms with Crippen LogP contribution < -0.4 is 10.6 Å². The van der Waals surface area contributed by atoms with E-state index in [1.54, 1.807) is 6.20 Å². The number of aromatic nitrogens is 1. The van der Waals surface area contributed by atoms with Crippen molar-refractivity contribution >= 4 is 11.5 Å². The van der Waals surface area contributed by atoms with Gasteiger partial charge in [-0.25, -0.2) is 4.98 Å². The van der Waals surface area contributed by atoms with Crippen LogP contribution in [-0.4, -0.2) is 53.3 Å². The molecule has 1 saturated heterocycles. The minimum absolute atomic E-state index is 0.627. The molecule has 106 valence electrons. The van der Waals surface area contributed by atoms with Gasteiger partial charge in [0.05, 0.1) is 17.5 Å². The summed E-state index contributed by atoms with van der Waals surface area (Å²) in [4.78, 5) is 9.02. The van der Waals surface area contributed by atoms with Gasteiger partial charge in [0, 0.05) is 32.7 Å². The fraction of sp³-hybridized carbons (Fsp3) is 0.643. The fourth-order valence-corrected chi connectivity index (χ4v) is 2.59. The van der Waals surface area contributed by atoms with Gasteiger partial charge in [0.25, 0.3) is 0 Å². The van der Waals surface area contributed by atoms with Crippen LogP contribution in [0.2, 0.25) is 0 Å². The molecule has 0 aliphatic carbocycles. The monoisotopic (exact) mass is 264 g/mol. The molecule has 19 heavy (non-hydrogen) atoms. The van der Waals surface area contributed by atoms with Gasteiger partial charge in [-0.2, -0.15) is 0 Å². The molecule has 0 saturated carbocycles. The number of nitrogen functional groups attached to an aromatic ring is 1. The average molecular weight is 264 g/mol. The zero-order valence-corrected chi connectivity index (χ0v) is 12.1. The highest BCUT2D eigenvalue weighted by Gasteiger charge is 2.23. The zero-order chi connectivity index (χ0) is 14.0. The molecule has 5 heteroatoms. The van der Waals surface area contributed by atoms with Gasteiger partial charge >= 0.3 is 0 Å². The van der Waals surface area contributed by atoms with Gasteiger partial charge in [0.15, 0.2) is 0 Å². The quantitative estimate of drug-likeness (QED) is 0.848. The molecule has 5 nitrogen and oxygen atoms in total. The molecule has 0 atom stereocenters. The molecule has 0 radical (unpaired) electrons. The Bertz CT molecular complexity index is 434. The van der Waals surface area contributed by atoms with Gasteiger partial charge in [-0.3, -0.25) is 4.90 Å². The van der Waals surface area contributed by atoms with Crippen molar-refractivity contribution in [2.45, 2.75) is 26.4 Å². The third-order valence-electron chi connectivity index (χ3n) is 3.35. The first-order valence-electron chi connectivity index (χ1n) is 6.77. The summed E-state index contributed by atoms with van der Waals surface area (Å²) in [6.07, 6.45) is 1.71. The summed E-state index contributed by atoms with van der Waals surface area (Å²) in [5.41, 5.74) is 6.94. The van der Waals surface area contributed by atoms with Crippen LogP contribution in [0.15, 0.2) is 12.3 Å². The number of β-amino-alcohol motifs (C(OH)–C–C–N with tert-alkyl or cyclic N) is 1. The maximum Gasteiger partial charge on any atom is 0.131 e. The minimum atomic E-state index is -0.627. The first-order valence-corrected chi connectivity index (χ1v) is 6.77. The average Bonchev–Trinajstić information content (AvgIpc) is 2.28. The Morgan fingerprint density at radius 1 is 1.32 bits per heavy atom. The Morgan fingerprint density at radius 2 is 1.95 bits per heavy atom. The molecule has 1 aliphatic rings. The number of nitrogens with zero attached hydrogens (tertiary/aromatic N) is 3. The number of pyridine rings is 1. The fourth-order valence-electron chi connectivity index (χ4n) is 2.59. The molecule has 0 amide bonds. The Hall–Kier alpha value is -1.33. The molecule has 1 aromatic rings. The van der Waals surface area contributed by atoms with Crippen molar-refractivity contribution in [2.24, 2.45) is 0 Å². The van der Waals surface area contributed by atoms with Gasteiger partial charge in [-0.15, -0.1) is 0 Å². The van der Waals surface area contributed by atoms with E-state index in [1.807, 2.05) is 26.8 Å². The summed E-state index contributed by atoms with van der Waals surface area (Å²) in [6.45, 7) is 10.2. The second-order valence-electron chi connectivity index (χ2n) is 5.98. The topological polar surface area (TPSA) is 65.6 Å². The molecule has 1 aliphatic heterocycles. The third kappa shape index (κ3) is 3.81. The molecular weight excluding hydrogens is 240 g/mol. The predicted octanol–water partition coefficient (Wildman–Crippen LogP) is 0.865. The van der Waals surface area contributed by atoms with E-state index >= 15 is 0 Å². The number of nitrogens with two attached hydrogens (primary N) is 1. The summed E-state index contributed by atoms with van der Waals surface area (Å²) >= 11 is 0. The minimum Gasteiger partial charge on any atom is -0.397 e. The Balaban J connectivity index is 1.96. The normalized spacial score (nSPS) is 17.8. The highest BCUT2D eigenvalue weighted by molar-refractivity contribution is 5.52. The molecule has 0 unspecified atom stereocenters. The molecule has 2 rings (SSSR count). The van der Waals surface area contributed by atoms with Crippen LogP contribution in [0.25, 0.3) is 0 Å². The standard InChI is InChI=1S/C14H24N4O/c1-11-8-12(15)9-16-13(11)18-6-4-17(5-7-18)10-14(2,3)19/h8-9,19H,4-7,10,15H2,1-3H3. The van der Waals surface area contributed by atoms with Crippen LogP contribution >= 0.6 is 0 Å². The van der Waals surface area contributed by atoms with Crippen molar-refractivity contribution < 1.29 is 5.11 Å². The second kappa shape index (κ2) is 5.35. The van der Waals surface area contributed by atoms with E-state index in [-0.39, 0.29) is 0 Å². The number of rotatable bonds is 3. The highest BCUT2D eigenvalue weighted by Crippen LogP contribution is 2.20. The third-order valence-corrected chi connectivity index (χ3v) is 3.35. The van der Waals surface area contributed by atoms with Crippen molar-refractivity contribution in [1.82, 2.24) is 9.88 Å². The summed E-state index contributed by atoms with van der Waals surface area (Å²) in [5.74, 6) is 1.03. The van der Waals surface area contributed by atoms with Crippen LogP contribution in [0.1, 0.15) is 19.4 Å². The summed E-state index contributed by atoms with van der Waals surface area (Å²) in [6, 6.07) is 1.96. The molecule has 3 N–H and O–H groups in total. The van der Waals surface area contributed by atoms with E-state index in [2.05, 4.69) is 14.8 Å². The molecule has 0 aromatic carbocycles. The van der Waals surface area contributed by atoms with Crippen LogP contribution in [-0.2, 0) is 0 Å². The Labute approximate surface area is 115 Å². The molecule has 2 heterocycles. The predicted molar refractivity (Wildman–Crippen MR) is 78.3 cm³/mol. The molecule has 1 fully saturated rings. The van der Waals surface area contributed by atoms with Gasteiger partial charge in [-0.1, -0.05) is 0 Å².